The summed E-state index contributed by atoms with van der Waals surface area (Å²) in [6, 6.07) is 8.80. The number of allylic oxidation sites excluding steroid dienone is 1. The molecule has 0 unspecified atom stereocenters. The molecule has 1 N–H and O–H groups in total. The third kappa shape index (κ3) is 8.05. The lowest BCUT2D eigenvalue weighted by molar-refractivity contribution is 0.0342. The lowest BCUT2D eigenvalue weighted by atomic mass is 10.1. The monoisotopic (exact) mass is 472 g/mol. The summed E-state index contributed by atoms with van der Waals surface area (Å²) in [6.07, 6.45) is 4.09. The first-order chi connectivity index (χ1) is 12.2. The van der Waals surface area contributed by atoms with Gasteiger partial charge in [0.15, 0.2) is 5.96 Å². The average Bonchev–Trinajstić information content (AvgIpc) is 2.64. The van der Waals surface area contributed by atoms with Crippen molar-refractivity contribution in [1.29, 1.82) is 0 Å². The number of ether oxygens (including phenoxy) is 1. The second-order valence-electron chi connectivity index (χ2n) is 6.46. The standard InChI is InChI=1S/C20H32N4O.HI/c1-4-5-6-10-23(3)20(21-2)22-16-18-8-7-9-19(15-18)17-24-11-13-25-14-12-24;/h4,7-9,15H,1,5-6,10-14,16-17H2,2-3H3,(H,21,22);1H. The number of nitrogens with one attached hydrogen (secondary N) is 1. The predicted molar refractivity (Wildman–Crippen MR) is 120 cm³/mol. The molecule has 0 bridgehead atoms. The van der Waals surface area contributed by atoms with Gasteiger partial charge in [-0.05, 0) is 24.0 Å². The number of halogens is 1. The normalized spacial score (nSPS) is 15.2. The van der Waals surface area contributed by atoms with Crippen molar-refractivity contribution in [3.05, 3.63) is 48.0 Å². The van der Waals surface area contributed by atoms with Gasteiger partial charge in [-0.15, -0.1) is 30.6 Å². The van der Waals surface area contributed by atoms with Crippen LogP contribution < -0.4 is 5.32 Å². The predicted octanol–water partition coefficient (Wildman–Crippen LogP) is 3.11. The van der Waals surface area contributed by atoms with Crippen LogP contribution in [0, 0.1) is 0 Å². The van der Waals surface area contributed by atoms with Crippen LogP contribution in [0.25, 0.3) is 0 Å². The maximum absolute atomic E-state index is 5.42. The number of morpholine rings is 1. The lowest BCUT2D eigenvalue weighted by Gasteiger charge is -2.26. The van der Waals surface area contributed by atoms with Crippen LogP contribution in [-0.4, -0.2) is 62.7 Å². The van der Waals surface area contributed by atoms with E-state index in [9.17, 15) is 0 Å². The fourth-order valence-electron chi connectivity index (χ4n) is 3.00. The minimum Gasteiger partial charge on any atom is -0.379 e. The quantitative estimate of drug-likeness (QED) is 0.208. The molecule has 0 saturated carbocycles. The summed E-state index contributed by atoms with van der Waals surface area (Å²) in [5.74, 6) is 0.933. The highest BCUT2D eigenvalue weighted by Crippen LogP contribution is 2.10. The molecule has 0 aromatic heterocycles. The van der Waals surface area contributed by atoms with Gasteiger partial charge in [-0.1, -0.05) is 30.3 Å². The number of hydrogen-bond donors (Lipinski definition) is 1. The molecule has 1 heterocycles. The molecule has 1 saturated heterocycles. The minimum absolute atomic E-state index is 0. The van der Waals surface area contributed by atoms with E-state index in [-0.39, 0.29) is 24.0 Å². The van der Waals surface area contributed by atoms with E-state index in [1.807, 2.05) is 13.1 Å². The molecule has 0 atom stereocenters. The van der Waals surface area contributed by atoms with E-state index in [2.05, 4.69) is 58.0 Å². The Morgan fingerprint density at radius 3 is 2.77 bits per heavy atom. The number of benzene rings is 1. The fraction of sp³-hybridized carbons (Fsp3) is 0.550. The van der Waals surface area contributed by atoms with Crippen LogP contribution in [0.2, 0.25) is 0 Å². The molecule has 6 heteroatoms. The highest BCUT2D eigenvalue weighted by molar-refractivity contribution is 14.0. The van der Waals surface area contributed by atoms with Crippen LogP contribution in [0.5, 0.6) is 0 Å². The van der Waals surface area contributed by atoms with Crippen LogP contribution in [0.3, 0.4) is 0 Å². The van der Waals surface area contributed by atoms with Crippen molar-refractivity contribution in [3.63, 3.8) is 0 Å². The lowest BCUT2D eigenvalue weighted by Crippen LogP contribution is -2.39. The van der Waals surface area contributed by atoms with Crippen LogP contribution in [0.15, 0.2) is 41.9 Å². The summed E-state index contributed by atoms with van der Waals surface area (Å²) in [6.45, 7) is 10.3. The molecular weight excluding hydrogens is 439 g/mol. The molecule has 0 aliphatic carbocycles. The van der Waals surface area contributed by atoms with Crippen molar-refractivity contribution >= 4 is 29.9 Å². The van der Waals surface area contributed by atoms with E-state index in [0.717, 1.165) is 64.7 Å². The number of unbranched alkanes of at least 4 members (excludes halogenated alkanes) is 1. The summed E-state index contributed by atoms with van der Waals surface area (Å²) >= 11 is 0. The van der Waals surface area contributed by atoms with Crippen LogP contribution in [0.4, 0.5) is 0 Å². The zero-order chi connectivity index (χ0) is 17.9. The number of hydrogen-bond acceptors (Lipinski definition) is 3. The molecule has 0 spiro atoms. The van der Waals surface area contributed by atoms with E-state index >= 15 is 0 Å². The molecule has 1 aromatic rings. The van der Waals surface area contributed by atoms with Crippen LogP contribution >= 0.6 is 24.0 Å². The summed E-state index contributed by atoms with van der Waals surface area (Å²) < 4.78 is 5.42. The van der Waals surface area contributed by atoms with Crippen molar-refractivity contribution in [2.24, 2.45) is 4.99 Å². The van der Waals surface area contributed by atoms with Gasteiger partial charge in [0.05, 0.1) is 13.2 Å². The molecular formula is C20H33IN4O. The summed E-state index contributed by atoms with van der Waals surface area (Å²) in [5.41, 5.74) is 2.64. The van der Waals surface area contributed by atoms with E-state index in [1.165, 1.54) is 11.1 Å². The smallest absolute Gasteiger partial charge is 0.193 e. The summed E-state index contributed by atoms with van der Waals surface area (Å²) in [4.78, 5) is 9.00. The SMILES string of the molecule is C=CCCCN(C)C(=NC)NCc1cccc(CN2CCOCC2)c1.I. The molecule has 1 fully saturated rings. The average molecular weight is 472 g/mol. The highest BCUT2D eigenvalue weighted by Gasteiger charge is 2.11. The van der Waals surface area contributed by atoms with Gasteiger partial charge >= 0.3 is 0 Å². The molecule has 2 rings (SSSR count). The number of aliphatic imine (C=N–C) groups is 1. The zero-order valence-corrected chi connectivity index (χ0v) is 18.4. The van der Waals surface area contributed by atoms with Gasteiger partial charge in [-0.2, -0.15) is 0 Å². The number of guanidine groups is 1. The third-order valence-electron chi connectivity index (χ3n) is 4.43. The van der Waals surface area contributed by atoms with E-state index in [4.69, 9.17) is 4.74 Å². The van der Waals surface area contributed by atoms with E-state index in [1.54, 1.807) is 0 Å². The molecule has 0 radical (unpaired) electrons. The second-order valence-corrected chi connectivity index (χ2v) is 6.46. The van der Waals surface area contributed by atoms with E-state index < -0.39 is 0 Å². The van der Waals surface area contributed by atoms with Gasteiger partial charge in [-0.3, -0.25) is 9.89 Å². The Kier molecular flexibility index (Phi) is 11.6. The Balaban J connectivity index is 0.00000338. The summed E-state index contributed by atoms with van der Waals surface area (Å²) in [5, 5.41) is 3.46. The van der Waals surface area contributed by atoms with Gasteiger partial charge in [0.2, 0.25) is 0 Å². The zero-order valence-electron chi connectivity index (χ0n) is 16.1. The molecule has 1 aromatic carbocycles. The van der Waals surface area contributed by atoms with Gasteiger partial charge in [0, 0.05) is 46.8 Å². The Hall–Kier alpha value is -1.12. The molecule has 1 aliphatic rings. The first-order valence-electron chi connectivity index (χ1n) is 9.13. The molecule has 146 valence electrons. The van der Waals surface area contributed by atoms with Gasteiger partial charge < -0.3 is 15.0 Å². The van der Waals surface area contributed by atoms with Gasteiger partial charge in [0.1, 0.15) is 0 Å². The van der Waals surface area contributed by atoms with Crippen molar-refractivity contribution in [2.75, 3.05) is 46.9 Å². The molecule has 26 heavy (non-hydrogen) atoms. The van der Waals surface area contributed by atoms with Crippen molar-refractivity contribution < 1.29 is 4.74 Å². The largest absolute Gasteiger partial charge is 0.379 e. The minimum atomic E-state index is 0. The molecule has 5 nitrogen and oxygen atoms in total. The van der Waals surface area contributed by atoms with E-state index in [0.29, 0.717) is 0 Å². The Labute approximate surface area is 175 Å². The highest BCUT2D eigenvalue weighted by atomic mass is 127. The Morgan fingerprint density at radius 1 is 1.35 bits per heavy atom. The molecule has 0 amide bonds. The van der Waals surface area contributed by atoms with Crippen molar-refractivity contribution in [2.45, 2.75) is 25.9 Å². The molecule has 1 aliphatic heterocycles. The van der Waals surface area contributed by atoms with Gasteiger partial charge in [0.25, 0.3) is 0 Å². The van der Waals surface area contributed by atoms with Gasteiger partial charge in [-0.25, -0.2) is 0 Å². The van der Waals surface area contributed by atoms with Crippen LogP contribution in [-0.2, 0) is 17.8 Å². The summed E-state index contributed by atoms with van der Waals surface area (Å²) in [7, 11) is 3.91. The number of nitrogens with zero attached hydrogens (tertiary/aromatic N) is 3. The second kappa shape index (κ2) is 13.1. The maximum Gasteiger partial charge on any atom is 0.193 e. The first kappa shape index (κ1) is 22.9. The Bertz CT molecular complexity index is 558. The van der Waals surface area contributed by atoms with Crippen molar-refractivity contribution in [3.8, 4) is 0 Å². The topological polar surface area (TPSA) is 40.1 Å². The number of rotatable bonds is 8. The first-order valence-corrected chi connectivity index (χ1v) is 9.13. The fourth-order valence-corrected chi connectivity index (χ4v) is 3.00. The van der Waals surface area contributed by atoms with Crippen molar-refractivity contribution in [1.82, 2.24) is 15.1 Å². The van der Waals surface area contributed by atoms with Crippen LogP contribution in [0.1, 0.15) is 24.0 Å². The Morgan fingerprint density at radius 2 is 2.08 bits per heavy atom. The maximum atomic E-state index is 5.42. The third-order valence-corrected chi connectivity index (χ3v) is 4.43.